The summed E-state index contributed by atoms with van der Waals surface area (Å²) >= 11 is 5.54. The molecular weight excluding hydrogens is 256 g/mol. The molecule has 1 aromatic rings. The third-order valence-electron chi connectivity index (χ3n) is 2.13. The molecule has 1 atom stereocenters. The minimum Gasteiger partial charge on any atom is -0.122 e. The summed E-state index contributed by atoms with van der Waals surface area (Å²) in [6.07, 6.45) is 3.93. The van der Waals surface area contributed by atoms with Crippen molar-refractivity contribution in [2.45, 2.75) is 43.3 Å². The molecule has 78 valence electrons. The summed E-state index contributed by atoms with van der Waals surface area (Å²) in [4.78, 5) is 1.36. The van der Waals surface area contributed by atoms with Crippen molar-refractivity contribution < 1.29 is 0 Å². The average Bonchev–Trinajstić information content (AvgIpc) is 2.18. The number of hydrogen-bond donors (Lipinski definition) is 0. The molecule has 0 aliphatic carbocycles. The fourth-order valence-corrected chi connectivity index (χ4v) is 2.93. The molecule has 0 bridgehead atoms. The lowest BCUT2D eigenvalue weighted by molar-refractivity contribution is 0.713. The molecule has 2 heteroatoms. The Morgan fingerprint density at radius 3 is 2.71 bits per heavy atom. The van der Waals surface area contributed by atoms with Crippen LogP contribution in [-0.4, -0.2) is 5.25 Å². The fourth-order valence-electron chi connectivity index (χ4n) is 1.31. The van der Waals surface area contributed by atoms with Crippen molar-refractivity contribution in [3.8, 4) is 0 Å². The fraction of sp³-hybridized carbons (Fsp3) is 0.500. The number of hydrogen-bond acceptors (Lipinski definition) is 1. The lowest BCUT2D eigenvalue weighted by Crippen LogP contribution is -1.95. The predicted molar refractivity (Wildman–Crippen MR) is 69.0 cm³/mol. The number of unbranched alkanes of at least 4 members (excludes halogenated alkanes) is 1. The standard InChI is InChI=1S/C12H17BrS/c1-3-4-7-10(2)14-12-9-6-5-8-11(12)13/h5-6,8-10H,3-4,7H2,1-2H3. The Morgan fingerprint density at radius 1 is 1.36 bits per heavy atom. The van der Waals surface area contributed by atoms with Crippen LogP contribution >= 0.6 is 27.7 Å². The Kier molecular flexibility index (Phi) is 5.64. The van der Waals surface area contributed by atoms with E-state index >= 15 is 0 Å². The summed E-state index contributed by atoms with van der Waals surface area (Å²) in [5.41, 5.74) is 0. The van der Waals surface area contributed by atoms with Gasteiger partial charge in [0.2, 0.25) is 0 Å². The SMILES string of the molecule is CCCCC(C)Sc1ccccc1Br. The number of benzene rings is 1. The molecule has 0 saturated carbocycles. The molecular formula is C12H17BrS. The summed E-state index contributed by atoms with van der Waals surface area (Å²) in [6, 6.07) is 8.44. The van der Waals surface area contributed by atoms with Gasteiger partial charge in [0.1, 0.15) is 0 Å². The lowest BCUT2D eigenvalue weighted by atomic mass is 10.2. The smallest absolute Gasteiger partial charge is 0.0311 e. The maximum atomic E-state index is 3.57. The van der Waals surface area contributed by atoms with Gasteiger partial charge in [-0.25, -0.2) is 0 Å². The van der Waals surface area contributed by atoms with Gasteiger partial charge in [0.05, 0.1) is 0 Å². The third kappa shape index (κ3) is 4.05. The van der Waals surface area contributed by atoms with Gasteiger partial charge in [-0.2, -0.15) is 0 Å². The first-order valence-electron chi connectivity index (χ1n) is 5.15. The summed E-state index contributed by atoms with van der Waals surface area (Å²) < 4.78 is 1.22. The van der Waals surface area contributed by atoms with Crippen molar-refractivity contribution in [1.82, 2.24) is 0 Å². The van der Waals surface area contributed by atoms with Gasteiger partial charge in [-0.05, 0) is 34.5 Å². The van der Waals surface area contributed by atoms with E-state index in [9.17, 15) is 0 Å². The molecule has 0 radical (unpaired) electrons. The number of halogens is 1. The van der Waals surface area contributed by atoms with Crippen LogP contribution < -0.4 is 0 Å². The van der Waals surface area contributed by atoms with Crippen molar-refractivity contribution in [2.24, 2.45) is 0 Å². The lowest BCUT2D eigenvalue weighted by Gasteiger charge is -2.11. The van der Waals surface area contributed by atoms with E-state index in [2.05, 4.69) is 54.0 Å². The highest BCUT2D eigenvalue weighted by Crippen LogP contribution is 2.31. The van der Waals surface area contributed by atoms with E-state index in [0.29, 0.717) is 5.25 Å². The molecule has 0 N–H and O–H groups in total. The van der Waals surface area contributed by atoms with E-state index in [4.69, 9.17) is 0 Å². The first-order chi connectivity index (χ1) is 6.74. The van der Waals surface area contributed by atoms with E-state index in [1.807, 2.05) is 11.8 Å². The van der Waals surface area contributed by atoms with Crippen molar-refractivity contribution in [2.75, 3.05) is 0 Å². The molecule has 0 fully saturated rings. The van der Waals surface area contributed by atoms with Crippen molar-refractivity contribution in [3.05, 3.63) is 28.7 Å². The molecule has 0 aromatic heterocycles. The van der Waals surface area contributed by atoms with Crippen LogP contribution in [0.4, 0.5) is 0 Å². The highest BCUT2D eigenvalue weighted by atomic mass is 79.9. The summed E-state index contributed by atoms with van der Waals surface area (Å²) in [5, 5.41) is 0.716. The topological polar surface area (TPSA) is 0 Å². The van der Waals surface area contributed by atoms with Gasteiger partial charge in [-0.1, -0.05) is 38.8 Å². The van der Waals surface area contributed by atoms with E-state index in [0.717, 1.165) is 0 Å². The zero-order valence-corrected chi connectivity index (χ0v) is 11.2. The Hall–Kier alpha value is 0.0500. The van der Waals surface area contributed by atoms with E-state index in [1.165, 1.54) is 28.6 Å². The second-order valence-corrected chi connectivity index (χ2v) is 5.84. The Bertz CT molecular complexity index is 273. The molecule has 0 saturated heterocycles. The minimum atomic E-state index is 0.716. The van der Waals surface area contributed by atoms with Gasteiger partial charge in [0, 0.05) is 14.6 Å². The zero-order valence-electron chi connectivity index (χ0n) is 8.79. The van der Waals surface area contributed by atoms with Gasteiger partial charge in [-0.3, -0.25) is 0 Å². The van der Waals surface area contributed by atoms with Crippen LogP contribution in [-0.2, 0) is 0 Å². The molecule has 1 unspecified atom stereocenters. The summed E-state index contributed by atoms with van der Waals surface area (Å²) in [7, 11) is 0. The Morgan fingerprint density at radius 2 is 2.07 bits per heavy atom. The molecule has 0 aliphatic heterocycles. The largest absolute Gasteiger partial charge is 0.122 e. The van der Waals surface area contributed by atoms with Crippen molar-refractivity contribution in [3.63, 3.8) is 0 Å². The predicted octanol–water partition coefficient (Wildman–Crippen LogP) is 5.12. The van der Waals surface area contributed by atoms with E-state index in [-0.39, 0.29) is 0 Å². The van der Waals surface area contributed by atoms with Gasteiger partial charge < -0.3 is 0 Å². The minimum absolute atomic E-state index is 0.716. The monoisotopic (exact) mass is 272 g/mol. The van der Waals surface area contributed by atoms with Gasteiger partial charge in [-0.15, -0.1) is 11.8 Å². The number of rotatable bonds is 5. The zero-order chi connectivity index (χ0) is 10.4. The molecule has 1 rings (SSSR count). The molecule has 0 heterocycles. The molecule has 0 aliphatic rings. The molecule has 0 amide bonds. The highest BCUT2D eigenvalue weighted by molar-refractivity contribution is 9.10. The van der Waals surface area contributed by atoms with Gasteiger partial charge >= 0.3 is 0 Å². The maximum absolute atomic E-state index is 3.57. The third-order valence-corrected chi connectivity index (χ3v) is 4.33. The molecule has 1 aromatic carbocycles. The van der Waals surface area contributed by atoms with Crippen molar-refractivity contribution >= 4 is 27.7 Å². The highest BCUT2D eigenvalue weighted by Gasteiger charge is 2.05. The number of thioether (sulfide) groups is 1. The van der Waals surface area contributed by atoms with Crippen LogP contribution in [0.5, 0.6) is 0 Å². The maximum Gasteiger partial charge on any atom is 0.0311 e. The molecule has 0 nitrogen and oxygen atoms in total. The Labute approximate surface area is 99.6 Å². The van der Waals surface area contributed by atoms with Crippen LogP contribution in [0.2, 0.25) is 0 Å². The summed E-state index contributed by atoms with van der Waals surface area (Å²) in [6.45, 7) is 4.55. The second kappa shape index (κ2) is 6.52. The van der Waals surface area contributed by atoms with Gasteiger partial charge in [0.15, 0.2) is 0 Å². The Balaban J connectivity index is 2.47. The van der Waals surface area contributed by atoms with E-state index < -0.39 is 0 Å². The van der Waals surface area contributed by atoms with E-state index in [1.54, 1.807) is 0 Å². The first-order valence-corrected chi connectivity index (χ1v) is 6.82. The van der Waals surface area contributed by atoms with Crippen LogP contribution in [0.25, 0.3) is 0 Å². The molecule has 14 heavy (non-hydrogen) atoms. The van der Waals surface area contributed by atoms with Crippen LogP contribution in [0.15, 0.2) is 33.6 Å². The second-order valence-electron chi connectivity index (χ2n) is 3.50. The van der Waals surface area contributed by atoms with Crippen molar-refractivity contribution in [1.29, 1.82) is 0 Å². The molecule has 0 spiro atoms. The normalized spacial score (nSPS) is 12.8. The first kappa shape index (κ1) is 12.1. The van der Waals surface area contributed by atoms with Gasteiger partial charge in [0.25, 0.3) is 0 Å². The summed E-state index contributed by atoms with van der Waals surface area (Å²) in [5.74, 6) is 0. The van der Waals surface area contributed by atoms with Crippen LogP contribution in [0, 0.1) is 0 Å². The van der Waals surface area contributed by atoms with Crippen LogP contribution in [0.1, 0.15) is 33.1 Å². The average molecular weight is 273 g/mol. The quantitative estimate of drug-likeness (QED) is 0.671. The van der Waals surface area contributed by atoms with Crippen LogP contribution in [0.3, 0.4) is 0 Å².